The van der Waals surface area contributed by atoms with Crippen LogP contribution in [0.3, 0.4) is 0 Å². The Hall–Kier alpha value is -4.06. The Morgan fingerprint density at radius 1 is 1.21 bits per heavy atom. The lowest BCUT2D eigenvalue weighted by Gasteiger charge is -2.36. The standard InChI is InChI=1S/C21H20FN7O4/c1-27-9-12(10-27)25-20(31)16-6-14(26-18-13(22)8-24-29(16)18)19(30)23-7-11-3-4-17-15(5-11)28(2)21(32)33-17/h3-6,8,12H,7,9-10H2,1-2H3,(H,23,30)(H,25,31). The molecule has 33 heavy (non-hydrogen) atoms. The van der Waals surface area contributed by atoms with Crippen LogP contribution in [0.4, 0.5) is 4.39 Å². The Kier molecular flexibility index (Phi) is 4.93. The summed E-state index contributed by atoms with van der Waals surface area (Å²) in [6.45, 7) is 1.53. The number of aryl methyl sites for hydroxylation is 1. The van der Waals surface area contributed by atoms with Crippen molar-refractivity contribution in [3.63, 3.8) is 0 Å². The third-order valence-corrected chi connectivity index (χ3v) is 5.60. The molecule has 1 saturated heterocycles. The third-order valence-electron chi connectivity index (χ3n) is 5.60. The number of aromatic nitrogens is 4. The summed E-state index contributed by atoms with van der Waals surface area (Å²) >= 11 is 0. The minimum absolute atomic E-state index is 0.0124. The average Bonchev–Trinajstić information content (AvgIpc) is 3.29. The second-order valence-electron chi connectivity index (χ2n) is 8.06. The number of nitrogens with one attached hydrogen (secondary N) is 2. The van der Waals surface area contributed by atoms with Crippen LogP contribution in [0.5, 0.6) is 0 Å². The second kappa shape index (κ2) is 7.81. The Bertz CT molecular complexity index is 1460. The van der Waals surface area contributed by atoms with Gasteiger partial charge >= 0.3 is 5.76 Å². The molecular formula is C21H20FN7O4. The van der Waals surface area contributed by atoms with Gasteiger partial charge in [0.05, 0.1) is 17.8 Å². The molecule has 0 saturated carbocycles. The molecule has 0 radical (unpaired) electrons. The number of carbonyl (C=O) groups is 2. The van der Waals surface area contributed by atoms with Gasteiger partial charge in [-0.3, -0.25) is 14.2 Å². The molecule has 0 aliphatic carbocycles. The predicted molar refractivity (Wildman–Crippen MR) is 114 cm³/mol. The lowest BCUT2D eigenvalue weighted by atomic mass is 10.1. The van der Waals surface area contributed by atoms with E-state index in [4.69, 9.17) is 4.42 Å². The zero-order chi connectivity index (χ0) is 23.3. The number of halogens is 1. The average molecular weight is 453 g/mol. The van der Waals surface area contributed by atoms with Gasteiger partial charge in [0.25, 0.3) is 11.8 Å². The number of hydrogen-bond donors (Lipinski definition) is 2. The largest absolute Gasteiger partial charge is 0.419 e. The van der Waals surface area contributed by atoms with E-state index in [1.807, 2.05) is 11.9 Å². The van der Waals surface area contributed by atoms with Crippen molar-refractivity contribution in [2.24, 2.45) is 7.05 Å². The van der Waals surface area contributed by atoms with Crippen molar-refractivity contribution in [3.05, 3.63) is 63.8 Å². The van der Waals surface area contributed by atoms with Gasteiger partial charge in [-0.1, -0.05) is 6.07 Å². The summed E-state index contributed by atoms with van der Waals surface area (Å²) in [5.41, 5.74) is 1.43. The summed E-state index contributed by atoms with van der Waals surface area (Å²) in [5.74, 6) is -2.28. The molecule has 11 nitrogen and oxygen atoms in total. The topological polar surface area (TPSA) is 127 Å². The zero-order valence-corrected chi connectivity index (χ0v) is 17.8. The molecule has 4 heterocycles. The number of hydrogen-bond acceptors (Lipinski definition) is 7. The molecule has 0 bridgehead atoms. The van der Waals surface area contributed by atoms with Gasteiger partial charge in [0.1, 0.15) is 11.4 Å². The normalized spacial score (nSPS) is 14.5. The van der Waals surface area contributed by atoms with E-state index in [1.165, 1.54) is 10.6 Å². The number of likely N-dealkylation sites (N-methyl/N-ethyl adjacent to an activating group) is 1. The summed E-state index contributed by atoms with van der Waals surface area (Å²) in [6.07, 6.45) is 0.947. The van der Waals surface area contributed by atoms with Gasteiger partial charge in [0.15, 0.2) is 17.0 Å². The first-order valence-electron chi connectivity index (χ1n) is 10.2. The minimum Gasteiger partial charge on any atom is -0.408 e. The molecule has 0 spiro atoms. The smallest absolute Gasteiger partial charge is 0.408 e. The van der Waals surface area contributed by atoms with Crippen molar-refractivity contribution < 1.29 is 18.4 Å². The summed E-state index contributed by atoms with van der Waals surface area (Å²) in [6, 6.07) is 6.34. The molecule has 1 aliphatic heterocycles. The summed E-state index contributed by atoms with van der Waals surface area (Å²) in [7, 11) is 3.52. The fraction of sp³-hybridized carbons (Fsp3) is 0.286. The third kappa shape index (κ3) is 3.74. The molecule has 0 atom stereocenters. The van der Waals surface area contributed by atoms with Crippen LogP contribution in [-0.4, -0.2) is 62.1 Å². The van der Waals surface area contributed by atoms with E-state index in [0.29, 0.717) is 24.2 Å². The number of benzene rings is 1. The van der Waals surface area contributed by atoms with Crippen LogP contribution in [0, 0.1) is 5.82 Å². The van der Waals surface area contributed by atoms with Gasteiger partial charge in [-0.15, -0.1) is 0 Å². The quantitative estimate of drug-likeness (QED) is 0.445. The number of nitrogens with zero attached hydrogens (tertiary/aromatic N) is 5. The van der Waals surface area contributed by atoms with Crippen LogP contribution in [0.2, 0.25) is 0 Å². The Morgan fingerprint density at radius 3 is 2.76 bits per heavy atom. The molecule has 3 aromatic heterocycles. The van der Waals surface area contributed by atoms with E-state index < -0.39 is 23.4 Å². The number of oxazole rings is 1. The highest BCUT2D eigenvalue weighted by atomic mass is 19.1. The fourth-order valence-electron chi connectivity index (χ4n) is 3.82. The van der Waals surface area contributed by atoms with Crippen LogP contribution in [0.1, 0.15) is 26.5 Å². The molecule has 2 N–H and O–H groups in total. The second-order valence-corrected chi connectivity index (χ2v) is 8.06. The SMILES string of the molecule is CN1CC(NC(=O)c2cc(C(=O)NCc3ccc4oc(=O)n(C)c4c3)nc3c(F)cnn23)C1. The van der Waals surface area contributed by atoms with Crippen molar-refractivity contribution in [2.75, 3.05) is 20.1 Å². The van der Waals surface area contributed by atoms with E-state index in [0.717, 1.165) is 16.3 Å². The fourth-order valence-corrected chi connectivity index (χ4v) is 3.82. The van der Waals surface area contributed by atoms with E-state index in [2.05, 4.69) is 20.7 Å². The van der Waals surface area contributed by atoms with Gasteiger partial charge in [-0.2, -0.15) is 5.10 Å². The summed E-state index contributed by atoms with van der Waals surface area (Å²) in [4.78, 5) is 43.3. The zero-order valence-electron chi connectivity index (χ0n) is 17.8. The van der Waals surface area contributed by atoms with E-state index in [1.54, 1.807) is 25.2 Å². The van der Waals surface area contributed by atoms with Crippen LogP contribution in [-0.2, 0) is 13.6 Å². The van der Waals surface area contributed by atoms with Crippen molar-refractivity contribution in [1.82, 2.24) is 34.7 Å². The predicted octanol–water partition coefficient (Wildman–Crippen LogP) is 0.287. The maximum absolute atomic E-state index is 14.2. The van der Waals surface area contributed by atoms with Crippen molar-refractivity contribution in [1.29, 1.82) is 0 Å². The van der Waals surface area contributed by atoms with Crippen molar-refractivity contribution in [3.8, 4) is 0 Å². The van der Waals surface area contributed by atoms with Gasteiger partial charge < -0.3 is 20.0 Å². The highest BCUT2D eigenvalue weighted by Gasteiger charge is 2.27. The highest BCUT2D eigenvalue weighted by molar-refractivity contribution is 5.98. The maximum Gasteiger partial charge on any atom is 0.419 e. The van der Waals surface area contributed by atoms with E-state index in [-0.39, 0.29) is 29.6 Å². The van der Waals surface area contributed by atoms with Crippen molar-refractivity contribution in [2.45, 2.75) is 12.6 Å². The molecular weight excluding hydrogens is 433 g/mol. The lowest BCUT2D eigenvalue weighted by molar-refractivity contribution is 0.0850. The van der Waals surface area contributed by atoms with Gasteiger partial charge in [0, 0.05) is 32.7 Å². The number of amides is 2. The number of fused-ring (bicyclic) bond motifs is 2. The maximum atomic E-state index is 14.2. The van der Waals surface area contributed by atoms with E-state index in [9.17, 15) is 18.8 Å². The lowest BCUT2D eigenvalue weighted by Crippen LogP contribution is -2.57. The van der Waals surface area contributed by atoms with Gasteiger partial charge in [0.2, 0.25) is 0 Å². The summed E-state index contributed by atoms with van der Waals surface area (Å²) < 4.78 is 21.8. The highest BCUT2D eigenvalue weighted by Crippen LogP contribution is 2.15. The van der Waals surface area contributed by atoms with Crippen LogP contribution >= 0.6 is 0 Å². The Balaban J connectivity index is 1.39. The summed E-state index contributed by atoms with van der Waals surface area (Å²) in [5, 5.41) is 9.44. The molecule has 1 aromatic carbocycles. The van der Waals surface area contributed by atoms with Crippen molar-refractivity contribution >= 4 is 28.6 Å². The van der Waals surface area contributed by atoms with Crippen LogP contribution in [0.25, 0.3) is 16.7 Å². The van der Waals surface area contributed by atoms with Gasteiger partial charge in [-0.25, -0.2) is 18.7 Å². The Labute approximate surface area is 185 Å². The first kappa shape index (κ1) is 20.8. The molecule has 5 rings (SSSR count). The molecule has 4 aromatic rings. The van der Waals surface area contributed by atoms with Crippen LogP contribution in [0.15, 0.2) is 39.7 Å². The molecule has 0 unspecified atom stereocenters. The molecule has 170 valence electrons. The van der Waals surface area contributed by atoms with Gasteiger partial charge in [-0.05, 0) is 24.7 Å². The molecule has 1 aliphatic rings. The number of likely N-dealkylation sites (tertiary alicyclic amines) is 1. The molecule has 12 heteroatoms. The molecule has 2 amide bonds. The first-order valence-corrected chi connectivity index (χ1v) is 10.2. The minimum atomic E-state index is -0.742. The monoisotopic (exact) mass is 453 g/mol. The Morgan fingerprint density at radius 2 is 2.00 bits per heavy atom. The number of carbonyl (C=O) groups excluding carboxylic acids is 2. The molecule has 1 fully saturated rings. The number of rotatable bonds is 5. The van der Waals surface area contributed by atoms with E-state index >= 15 is 0 Å². The first-order chi connectivity index (χ1) is 15.8. The van der Waals surface area contributed by atoms with Crippen LogP contribution < -0.4 is 16.4 Å².